The van der Waals surface area contributed by atoms with Crippen LogP contribution in [0.4, 0.5) is 0 Å². The summed E-state index contributed by atoms with van der Waals surface area (Å²) in [5.41, 5.74) is 0.848. The molecule has 2 aliphatic heterocycles. The van der Waals surface area contributed by atoms with Gasteiger partial charge in [-0.3, -0.25) is 4.90 Å². The van der Waals surface area contributed by atoms with E-state index < -0.39 is 5.60 Å². The number of likely N-dealkylation sites (tertiary alicyclic amines) is 1. The zero-order chi connectivity index (χ0) is 12.6. The van der Waals surface area contributed by atoms with Gasteiger partial charge in [0.1, 0.15) is 0 Å². The van der Waals surface area contributed by atoms with Crippen LogP contribution >= 0.6 is 0 Å². The molecule has 0 aromatic heterocycles. The summed E-state index contributed by atoms with van der Waals surface area (Å²) in [5, 5.41) is 14.1. The summed E-state index contributed by atoms with van der Waals surface area (Å²) >= 11 is 0. The van der Waals surface area contributed by atoms with Crippen LogP contribution in [0, 0.1) is 5.92 Å². The van der Waals surface area contributed by atoms with E-state index in [2.05, 4.69) is 41.4 Å². The Morgan fingerprint density at radius 3 is 2.67 bits per heavy atom. The Morgan fingerprint density at radius 2 is 2.06 bits per heavy atom. The zero-order valence-electron chi connectivity index (χ0n) is 11.0. The Hall–Kier alpha value is -0.900. The predicted octanol–water partition coefficient (Wildman–Crippen LogP) is 1.23. The lowest BCUT2D eigenvalue weighted by molar-refractivity contribution is -0.0600. The summed E-state index contributed by atoms with van der Waals surface area (Å²) < 4.78 is 0. The number of aliphatic hydroxyl groups is 1. The van der Waals surface area contributed by atoms with E-state index in [4.69, 9.17) is 0 Å². The van der Waals surface area contributed by atoms with Crippen molar-refractivity contribution in [3.8, 4) is 0 Å². The monoisotopic (exact) mass is 246 g/mol. The van der Waals surface area contributed by atoms with Crippen LogP contribution in [0.5, 0.6) is 0 Å². The van der Waals surface area contributed by atoms with Crippen molar-refractivity contribution in [2.45, 2.75) is 31.5 Å². The molecule has 1 aromatic carbocycles. The fourth-order valence-electron chi connectivity index (χ4n) is 3.26. The van der Waals surface area contributed by atoms with Crippen LogP contribution in [0.2, 0.25) is 0 Å². The first-order valence-electron chi connectivity index (χ1n) is 6.91. The van der Waals surface area contributed by atoms with E-state index in [1.807, 2.05) is 6.07 Å². The summed E-state index contributed by atoms with van der Waals surface area (Å²) in [6.07, 6.45) is 0.910. The molecule has 98 valence electrons. The highest BCUT2D eigenvalue weighted by molar-refractivity contribution is 5.16. The highest BCUT2D eigenvalue weighted by Crippen LogP contribution is 2.37. The fraction of sp³-hybridized carbons (Fsp3) is 0.600. The first-order valence-corrected chi connectivity index (χ1v) is 6.91. The standard InChI is InChI=1S/C15H22N2O/c1-12-15(18,14-9-16-10-14)7-8-17(12)11-13-5-3-2-4-6-13/h2-6,12,14,16,18H,7-11H2,1H3. The third-order valence-electron chi connectivity index (χ3n) is 4.79. The minimum Gasteiger partial charge on any atom is -0.388 e. The lowest BCUT2D eigenvalue weighted by Gasteiger charge is -2.43. The van der Waals surface area contributed by atoms with Crippen molar-refractivity contribution in [3.63, 3.8) is 0 Å². The van der Waals surface area contributed by atoms with Gasteiger partial charge >= 0.3 is 0 Å². The molecule has 3 heteroatoms. The number of nitrogens with zero attached hydrogens (tertiary/aromatic N) is 1. The summed E-state index contributed by atoms with van der Waals surface area (Å²) in [6.45, 7) is 6.07. The third-order valence-corrected chi connectivity index (χ3v) is 4.79. The summed E-state index contributed by atoms with van der Waals surface area (Å²) in [4.78, 5) is 2.41. The van der Waals surface area contributed by atoms with E-state index in [-0.39, 0.29) is 6.04 Å². The number of hydrogen-bond donors (Lipinski definition) is 2. The van der Waals surface area contributed by atoms with E-state index in [1.54, 1.807) is 0 Å². The molecule has 2 atom stereocenters. The minimum absolute atomic E-state index is 0.254. The van der Waals surface area contributed by atoms with Crippen molar-refractivity contribution in [1.29, 1.82) is 0 Å². The maximum Gasteiger partial charge on any atom is 0.0864 e. The van der Waals surface area contributed by atoms with Crippen molar-refractivity contribution >= 4 is 0 Å². The Labute approximate surface area is 109 Å². The second-order valence-corrected chi connectivity index (χ2v) is 5.73. The topological polar surface area (TPSA) is 35.5 Å². The minimum atomic E-state index is -0.486. The van der Waals surface area contributed by atoms with Crippen LogP contribution < -0.4 is 5.32 Å². The van der Waals surface area contributed by atoms with Crippen LogP contribution in [0.15, 0.2) is 30.3 Å². The van der Waals surface area contributed by atoms with Gasteiger partial charge < -0.3 is 10.4 Å². The quantitative estimate of drug-likeness (QED) is 0.842. The Kier molecular flexibility index (Phi) is 3.14. The van der Waals surface area contributed by atoms with Gasteiger partial charge in [0.05, 0.1) is 5.60 Å². The van der Waals surface area contributed by atoms with Gasteiger partial charge in [-0.1, -0.05) is 30.3 Å². The summed E-state index contributed by atoms with van der Waals surface area (Å²) in [7, 11) is 0. The van der Waals surface area contributed by atoms with Gasteiger partial charge in [0, 0.05) is 38.1 Å². The number of hydrogen-bond acceptors (Lipinski definition) is 3. The van der Waals surface area contributed by atoms with Gasteiger partial charge in [0.25, 0.3) is 0 Å². The number of nitrogens with one attached hydrogen (secondary N) is 1. The van der Waals surface area contributed by atoms with Crippen LogP contribution in [0.1, 0.15) is 18.9 Å². The Bertz CT molecular complexity index is 404. The van der Waals surface area contributed by atoms with E-state index in [1.165, 1.54) is 5.56 Å². The van der Waals surface area contributed by atoms with E-state index in [0.29, 0.717) is 5.92 Å². The van der Waals surface area contributed by atoms with E-state index in [9.17, 15) is 5.11 Å². The van der Waals surface area contributed by atoms with Gasteiger partial charge in [-0.05, 0) is 18.9 Å². The lowest BCUT2D eigenvalue weighted by atomic mass is 9.78. The molecule has 2 heterocycles. The molecule has 1 aromatic rings. The molecule has 18 heavy (non-hydrogen) atoms. The largest absolute Gasteiger partial charge is 0.388 e. The van der Waals surface area contributed by atoms with Crippen molar-refractivity contribution < 1.29 is 5.11 Å². The van der Waals surface area contributed by atoms with Gasteiger partial charge in [0.2, 0.25) is 0 Å². The van der Waals surface area contributed by atoms with Crippen molar-refractivity contribution in [1.82, 2.24) is 10.2 Å². The average Bonchev–Trinajstić information content (AvgIpc) is 2.57. The molecule has 2 N–H and O–H groups in total. The number of rotatable bonds is 3. The summed E-state index contributed by atoms with van der Waals surface area (Å²) in [6, 6.07) is 10.8. The molecular formula is C15H22N2O. The van der Waals surface area contributed by atoms with E-state index >= 15 is 0 Å². The predicted molar refractivity (Wildman–Crippen MR) is 72.2 cm³/mol. The molecular weight excluding hydrogens is 224 g/mol. The summed E-state index contributed by atoms with van der Waals surface area (Å²) in [5.74, 6) is 0.438. The lowest BCUT2D eigenvalue weighted by Crippen LogP contribution is -2.59. The SMILES string of the molecule is CC1N(Cc2ccccc2)CCC1(O)C1CNC1. The maximum absolute atomic E-state index is 10.8. The Morgan fingerprint density at radius 1 is 1.33 bits per heavy atom. The van der Waals surface area contributed by atoms with Gasteiger partial charge in [-0.15, -0.1) is 0 Å². The second-order valence-electron chi connectivity index (χ2n) is 5.73. The number of benzene rings is 1. The van der Waals surface area contributed by atoms with Crippen molar-refractivity contribution in [2.75, 3.05) is 19.6 Å². The molecule has 0 radical (unpaired) electrons. The molecule has 2 unspecified atom stereocenters. The zero-order valence-corrected chi connectivity index (χ0v) is 11.0. The first-order chi connectivity index (χ1) is 8.70. The highest BCUT2D eigenvalue weighted by Gasteiger charge is 2.50. The van der Waals surface area contributed by atoms with Gasteiger partial charge in [0.15, 0.2) is 0 Å². The second kappa shape index (κ2) is 4.65. The van der Waals surface area contributed by atoms with Gasteiger partial charge in [-0.2, -0.15) is 0 Å². The molecule has 0 bridgehead atoms. The first kappa shape index (κ1) is 12.2. The van der Waals surface area contributed by atoms with Gasteiger partial charge in [-0.25, -0.2) is 0 Å². The molecule has 0 amide bonds. The fourth-order valence-corrected chi connectivity index (χ4v) is 3.26. The maximum atomic E-state index is 10.8. The van der Waals surface area contributed by atoms with Crippen LogP contribution in [-0.2, 0) is 6.54 Å². The van der Waals surface area contributed by atoms with Crippen LogP contribution in [-0.4, -0.2) is 41.3 Å². The highest BCUT2D eigenvalue weighted by atomic mass is 16.3. The molecule has 2 saturated heterocycles. The van der Waals surface area contributed by atoms with Crippen LogP contribution in [0.25, 0.3) is 0 Å². The molecule has 2 aliphatic rings. The van der Waals surface area contributed by atoms with Crippen molar-refractivity contribution in [2.24, 2.45) is 5.92 Å². The molecule has 0 spiro atoms. The smallest absolute Gasteiger partial charge is 0.0864 e. The molecule has 0 aliphatic carbocycles. The molecule has 3 rings (SSSR count). The van der Waals surface area contributed by atoms with Crippen molar-refractivity contribution in [3.05, 3.63) is 35.9 Å². The normalized spacial score (nSPS) is 33.6. The third kappa shape index (κ3) is 1.96. The molecule has 0 saturated carbocycles. The Balaban J connectivity index is 1.69. The average molecular weight is 246 g/mol. The molecule has 2 fully saturated rings. The van der Waals surface area contributed by atoms with Crippen LogP contribution in [0.3, 0.4) is 0 Å². The van der Waals surface area contributed by atoms with E-state index in [0.717, 1.165) is 32.6 Å². The molecule has 3 nitrogen and oxygen atoms in total.